The highest BCUT2D eigenvalue weighted by molar-refractivity contribution is 7.13. The van der Waals surface area contributed by atoms with Gasteiger partial charge in [0.05, 0.1) is 53.8 Å². The first-order valence-electron chi connectivity index (χ1n) is 9.75. The molecule has 2 N–H and O–H groups in total. The number of rotatable bonds is 4. The third-order valence-electron chi connectivity index (χ3n) is 5.64. The van der Waals surface area contributed by atoms with Crippen molar-refractivity contribution in [1.29, 1.82) is 0 Å². The fraction of sp³-hybridized carbons (Fsp3) is 0.350. The number of aliphatic hydroxyl groups is 2. The summed E-state index contributed by atoms with van der Waals surface area (Å²) < 4.78 is 16.0. The quantitative estimate of drug-likeness (QED) is 0.454. The first-order chi connectivity index (χ1) is 15.3. The molecule has 0 amide bonds. The SMILES string of the molecule is Cn1c(=O)c2c(-c3nc(CO)cs3)n3c(c2n(C)c1=O)[C@H](c1ccc(Cl)o1)O[C@H](CO)C3. The highest BCUT2D eigenvalue weighted by Gasteiger charge is 2.38. The Morgan fingerprint density at radius 1 is 1.25 bits per heavy atom. The van der Waals surface area contributed by atoms with Gasteiger partial charge in [-0.3, -0.25) is 13.9 Å². The van der Waals surface area contributed by atoms with Crippen LogP contribution in [0.1, 0.15) is 23.3 Å². The lowest BCUT2D eigenvalue weighted by molar-refractivity contribution is -0.0589. The highest BCUT2D eigenvalue weighted by atomic mass is 35.5. The van der Waals surface area contributed by atoms with Gasteiger partial charge in [-0.2, -0.15) is 0 Å². The predicted molar refractivity (Wildman–Crippen MR) is 117 cm³/mol. The molecule has 0 radical (unpaired) electrons. The van der Waals surface area contributed by atoms with Gasteiger partial charge in [0.1, 0.15) is 10.8 Å². The van der Waals surface area contributed by atoms with Crippen LogP contribution in [0.2, 0.25) is 5.22 Å². The van der Waals surface area contributed by atoms with Crippen molar-refractivity contribution < 1.29 is 19.4 Å². The standard InChI is InChI=1S/C20H19ClN4O6S/c1-23-14-13(19(28)24(2)20(23)29)15(18-22-9(6-26)8-32-18)25-5-10(7-27)30-17(16(14)25)11-3-4-12(21)31-11/h3-4,8,10,17,26-27H,5-7H2,1-2H3/t10-,17-/m0/s1. The summed E-state index contributed by atoms with van der Waals surface area (Å²) >= 11 is 7.28. The summed E-state index contributed by atoms with van der Waals surface area (Å²) in [4.78, 5) is 30.6. The Hall–Kier alpha value is -2.70. The van der Waals surface area contributed by atoms with Crippen LogP contribution in [0.4, 0.5) is 0 Å². The van der Waals surface area contributed by atoms with E-state index < -0.39 is 23.5 Å². The van der Waals surface area contributed by atoms with Gasteiger partial charge in [0, 0.05) is 19.5 Å². The topological polar surface area (TPSA) is 125 Å². The van der Waals surface area contributed by atoms with Crippen molar-refractivity contribution >= 4 is 33.8 Å². The molecule has 5 rings (SSSR count). The number of ether oxygens (including phenoxy) is 1. The lowest BCUT2D eigenvalue weighted by Gasteiger charge is -2.31. The lowest BCUT2D eigenvalue weighted by Crippen LogP contribution is -2.37. The summed E-state index contributed by atoms with van der Waals surface area (Å²) in [5.41, 5.74) is 0.929. The van der Waals surface area contributed by atoms with Gasteiger partial charge < -0.3 is 23.9 Å². The zero-order chi connectivity index (χ0) is 22.7. The van der Waals surface area contributed by atoms with Crippen molar-refractivity contribution in [2.45, 2.75) is 25.4 Å². The molecular formula is C20H19ClN4O6S. The largest absolute Gasteiger partial charge is 0.446 e. The second-order valence-electron chi connectivity index (χ2n) is 7.54. The number of hydrogen-bond acceptors (Lipinski definition) is 8. The van der Waals surface area contributed by atoms with Crippen molar-refractivity contribution in [2.24, 2.45) is 14.1 Å². The van der Waals surface area contributed by atoms with Crippen LogP contribution in [0.25, 0.3) is 21.6 Å². The molecule has 10 nitrogen and oxygen atoms in total. The normalized spacial score (nSPS) is 18.4. The van der Waals surface area contributed by atoms with Crippen molar-refractivity contribution in [3.05, 3.63) is 60.7 Å². The van der Waals surface area contributed by atoms with Crippen molar-refractivity contribution in [3.63, 3.8) is 0 Å². The minimum absolute atomic E-state index is 0.162. The van der Waals surface area contributed by atoms with Crippen LogP contribution in [0, 0.1) is 0 Å². The molecule has 0 saturated carbocycles. The molecule has 1 aliphatic rings. The first-order valence-corrected chi connectivity index (χ1v) is 11.0. The molecule has 5 heterocycles. The van der Waals surface area contributed by atoms with Gasteiger partial charge in [-0.25, -0.2) is 9.78 Å². The molecule has 0 aliphatic carbocycles. The van der Waals surface area contributed by atoms with Crippen molar-refractivity contribution in [3.8, 4) is 10.7 Å². The van der Waals surface area contributed by atoms with E-state index in [4.69, 9.17) is 20.8 Å². The molecule has 0 spiro atoms. The number of thiazole rings is 1. The molecule has 0 aromatic carbocycles. The summed E-state index contributed by atoms with van der Waals surface area (Å²) in [7, 11) is 3.00. The van der Waals surface area contributed by atoms with Gasteiger partial charge in [-0.05, 0) is 23.7 Å². The van der Waals surface area contributed by atoms with Gasteiger partial charge in [-0.15, -0.1) is 11.3 Å². The van der Waals surface area contributed by atoms with Gasteiger partial charge >= 0.3 is 5.69 Å². The summed E-state index contributed by atoms with van der Waals surface area (Å²) in [6.45, 7) is -0.282. The fourth-order valence-electron chi connectivity index (χ4n) is 4.18. The van der Waals surface area contributed by atoms with E-state index in [1.807, 2.05) is 4.57 Å². The molecule has 0 saturated heterocycles. The van der Waals surface area contributed by atoms with E-state index >= 15 is 0 Å². The second-order valence-corrected chi connectivity index (χ2v) is 8.77. The maximum Gasteiger partial charge on any atom is 0.331 e. The second kappa shape index (κ2) is 7.71. The van der Waals surface area contributed by atoms with E-state index in [2.05, 4.69) is 4.98 Å². The Kier molecular flexibility index (Phi) is 5.10. The zero-order valence-corrected chi connectivity index (χ0v) is 18.7. The van der Waals surface area contributed by atoms with Crippen molar-refractivity contribution in [1.82, 2.24) is 18.7 Å². The smallest absolute Gasteiger partial charge is 0.331 e. The van der Waals surface area contributed by atoms with Gasteiger partial charge in [0.25, 0.3) is 5.56 Å². The van der Waals surface area contributed by atoms with Crippen LogP contribution in [-0.4, -0.2) is 41.6 Å². The molecule has 32 heavy (non-hydrogen) atoms. The first kappa shape index (κ1) is 21.2. The Balaban J connectivity index is 1.94. The summed E-state index contributed by atoms with van der Waals surface area (Å²) in [5, 5.41) is 22.1. The van der Waals surface area contributed by atoms with Gasteiger partial charge in [0.15, 0.2) is 11.3 Å². The summed E-state index contributed by atoms with van der Waals surface area (Å²) in [6, 6.07) is 3.23. The fourth-order valence-corrected chi connectivity index (χ4v) is 5.20. The molecule has 1 aliphatic heterocycles. The third-order valence-corrected chi connectivity index (χ3v) is 6.74. The molecule has 2 atom stereocenters. The minimum atomic E-state index is -0.820. The number of nitrogens with zero attached hydrogens (tertiary/aromatic N) is 4. The number of furan rings is 1. The Morgan fingerprint density at radius 3 is 2.66 bits per heavy atom. The average molecular weight is 479 g/mol. The van der Waals surface area contributed by atoms with E-state index in [1.165, 1.54) is 23.0 Å². The van der Waals surface area contributed by atoms with E-state index in [1.54, 1.807) is 24.6 Å². The van der Waals surface area contributed by atoms with E-state index in [0.29, 0.717) is 38.8 Å². The molecule has 4 aromatic rings. The molecular weight excluding hydrogens is 460 g/mol. The average Bonchev–Trinajstić information content (AvgIpc) is 3.51. The number of halogens is 1. The van der Waals surface area contributed by atoms with Crippen LogP contribution >= 0.6 is 22.9 Å². The van der Waals surface area contributed by atoms with Crippen molar-refractivity contribution in [2.75, 3.05) is 6.61 Å². The number of aliphatic hydroxyl groups excluding tert-OH is 2. The van der Waals surface area contributed by atoms with Crippen LogP contribution < -0.4 is 11.2 Å². The van der Waals surface area contributed by atoms with E-state index in [9.17, 15) is 19.8 Å². The summed E-state index contributed by atoms with van der Waals surface area (Å²) in [6.07, 6.45) is -1.42. The molecule has 12 heteroatoms. The van der Waals surface area contributed by atoms with Crippen LogP contribution in [0.15, 0.2) is 31.5 Å². The maximum atomic E-state index is 13.3. The third kappa shape index (κ3) is 3.00. The number of hydrogen-bond donors (Lipinski definition) is 2. The number of aromatic nitrogens is 4. The van der Waals surface area contributed by atoms with Crippen LogP contribution in [0.3, 0.4) is 0 Å². The zero-order valence-electron chi connectivity index (χ0n) is 17.1. The maximum absolute atomic E-state index is 13.3. The summed E-state index contributed by atoms with van der Waals surface area (Å²) in [5.74, 6) is 0.378. The van der Waals surface area contributed by atoms with Gasteiger partial charge in [-0.1, -0.05) is 0 Å². The lowest BCUT2D eigenvalue weighted by atomic mass is 10.1. The van der Waals surface area contributed by atoms with Crippen LogP contribution in [-0.2, 0) is 32.0 Å². The Labute approximate surface area is 189 Å². The van der Waals surface area contributed by atoms with Crippen LogP contribution in [0.5, 0.6) is 0 Å². The Morgan fingerprint density at radius 2 is 2.03 bits per heavy atom. The predicted octanol–water partition coefficient (Wildman–Crippen LogP) is 1.38. The Bertz CT molecular complexity index is 1460. The van der Waals surface area contributed by atoms with E-state index in [-0.39, 0.29) is 25.0 Å². The molecule has 4 aromatic heterocycles. The molecule has 0 fully saturated rings. The number of aryl methyl sites for hydroxylation is 1. The molecule has 0 unspecified atom stereocenters. The van der Waals surface area contributed by atoms with E-state index in [0.717, 1.165) is 4.57 Å². The number of fused-ring (bicyclic) bond motifs is 3. The molecule has 0 bridgehead atoms. The minimum Gasteiger partial charge on any atom is -0.446 e. The molecule has 168 valence electrons. The highest BCUT2D eigenvalue weighted by Crippen LogP contribution is 2.43. The monoisotopic (exact) mass is 478 g/mol. The van der Waals surface area contributed by atoms with Gasteiger partial charge in [0.2, 0.25) is 0 Å².